The highest BCUT2D eigenvalue weighted by atomic mass is 16.5. The second-order valence-electron chi connectivity index (χ2n) is 7.20. The van der Waals surface area contributed by atoms with Gasteiger partial charge >= 0.3 is 0 Å². The molecule has 1 aliphatic rings. The molecule has 1 amide bonds. The van der Waals surface area contributed by atoms with Crippen molar-refractivity contribution in [3.05, 3.63) is 57.5 Å². The van der Waals surface area contributed by atoms with E-state index in [1.807, 2.05) is 43.0 Å². The molecular weight excluding hydrogens is 372 g/mol. The number of aryl methyl sites for hydroxylation is 1. The summed E-state index contributed by atoms with van der Waals surface area (Å²) in [7, 11) is 1.56. The number of morpholine rings is 1. The summed E-state index contributed by atoms with van der Waals surface area (Å²) >= 11 is 0. The first kappa shape index (κ1) is 21.0. The van der Waals surface area contributed by atoms with Crippen molar-refractivity contribution in [2.45, 2.75) is 33.0 Å². The number of nitrogens with zero attached hydrogens (tertiary/aromatic N) is 3. The summed E-state index contributed by atoms with van der Waals surface area (Å²) in [4.78, 5) is 32.0. The first-order valence-electron chi connectivity index (χ1n) is 9.76. The van der Waals surface area contributed by atoms with E-state index in [-0.39, 0.29) is 30.7 Å². The second kappa shape index (κ2) is 9.67. The summed E-state index contributed by atoms with van der Waals surface area (Å²) in [5.74, 6) is 0.238. The van der Waals surface area contributed by atoms with E-state index in [2.05, 4.69) is 10.3 Å². The van der Waals surface area contributed by atoms with Gasteiger partial charge in [-0.05, 0) is 19.4 Å². The number of anilines is 1. The number of benzene rings is 1. The number of rotatable bonds is 7. The summed E-state index contributed by atoms with van der Waals surface area (Å²) in [6.07, 6.45) is 0. The molecule has 0 radical (unpaired) electrons. The van der Waals surface area contributed by atoms with Crippen LogP contribution < -0.4 is 15.8 Å². The summed E-state index contributed by atoms with van der Waals surface area (Å²) in [6.45, 7) is 6.43. The highest BCUT2D eigenvalue weighted by molar-refractivity contribution is 5.76. The zero-order chi connectivity index (χ0) is 20.8. The fraction of sp³-hybridized carbons (Fsp3) is 0.476. The van der Waals surface area contributed by atoms with Gasteiger partial charge in [-0.1, -0.05) is 29.8 Å². The van der Waals surface area contributed by atoms with Gasteiger partial charge in [-0.3, -0.25) is 14.2 Å². The molecular formula is C21H28N4O4. The minimum Gasteiger partial charge on any atom is -0.378 e. The van der Waals surface area contributed by atoms with Crippen molar-refractivity contribution < 1.29 is 14.3 Å². The standard InChI is InChI=1S/C21H28N4O4/c1-15-4-6-17(7-5-15)16(2)22-19(26)13-25-20(27)12-18(14-28-3)23-21(25)24-8-10-29-11-9-24/h4-7,12,16H,8-11,13-14H2,1-3H3,(H,22,26)/t16-/m0/s1. The average Bonchev–Trinajstić information content (AvgIpc) is 2.71. The van der Waals surface area contributed by atoms with E-state index < -0.39 is 0 Å². The van der Waals surface area contributed by atoms with Crippen LogP contribution in [0.5, 0.6) is 0 Å². The molecule has 0 aliphatic carbocycles. The van der Waals surface area contributed by atoms with Crippen molar-refractivity contribution in [1.82, 2.24) is 14.9 Å². The minimum absolute atomic E-state index is 0.0953. The smallest absolute Gasteiger partial charge is 0.255 e. The van der Waals surface area contributed by atoms with Crippen LogP contribution in [0.3, 0.4) is 0 Å². The average molecular weight is 400 g/mol. The SMILES string of the molecule is COCc1cc(=O)n(CC(=O)N[C@@H](C)c2ccc(C)cc2)c(N2CCOCC2)n1. The van der Waals surface area contributed by atoms with Gasteiger partial charge in [-0.15, -0.1) is 0 Å². The highest BCUT2D eigenvalue weighted by Gasteiger charge is 2.20. The molecule has 1 N–H and O–H groups in total. The number of amides is 1. The molecule has 156 valence electrons. The Balaban J connectivity index is 1.80. The summed E-state index contributed by atoms with van der Waals surface area (Å²) in [6, 6.07) is 9.27. The zero-order valence-electron chi connectivity index (χ0n) is 17.2. The summed E-state index contributed by atoms with van der Waals surface area (Å²) in [5, 5.41) is 2.97. The van der Waals surface area contributed by atoms with Crippen LogP contribution in [0.1, 0.15) is 29.8 Å². The Morgan fingerprint density at radius 2 is 1.97 bits per heavy atom. The van der Waals surface area contributed by atoms with Crippen LogP contribution in [0.25, 0.3) is 0 Å². The maximum atomic E-state index is 12.7. The molecule has 8 nitrogen and oxygen atoms in total. The predicted octanol–water partition coefficient (Wildman–Crippen LogP) is 1.41. The number of ether oxygens (including phenoxy) is 2. The highest BCUT2D eigenvalue weighted by Crippen LogP contribution is 2.15. The molecule has 1 fully saturated rings. The van der Waals surface area contributed by atoms with Crippen molar-refractivity contribution in [1.29, 1.82) is 0 Å². The van der Waals surface area contributed by atoms with Crippen LogP contribution in [-0.2, 0) is 27.4 Å². The van der Waals surface area contributed by atoms with E-state index >= 15 is 0 Å². The molecule has 1 aromatic heterocycles. The Kier molecular flexibility index (Phi) is 7.00. The maximum Gasteiger partial charge on any atom is 0.255 e. The van der Waals surface area contributed by atoms with Gasteiger partial charge in [0.15, 0.2) is 0 Å². The van der Waals surface area contributed by atoms with Crippen LogP contribution in [0, 0.1) is 6.92 Å². The number of nitrogens with one attached hydrogen (secondary N) is 1. The van der Waals surface area contributed by atoms with Gasteiger partial charge in [0, 0.05) is 26.3 Å². The molecule has 1 saturated heterocycles. The molecule has 29 heavy (non-hydrogen) atoms. The van der Waals surface area contributed by atoms with Gasteiger partial charge in [0.1, 0.15) is 6.54 Å². The Bertz CT molecular complexity index is 889. The lowest BCUT2D eigenvalue weighted by Crippen LogP contribution is -2.42. The molecule has 1 atom stereocenters. The molecule has 0 bridgehead atoms. The van der Waals surface area contributed by atoms with Gasteiger partial charge < -0.3 is 19.7 Å². The van der Waals surface area contributed by atoms with Crippen LogP contribution in [0.15, 0.2) is 35.1 Å². The lowest BCUT2D eigenvalue weighted by molar-refractivity contribution is -0.122. The van der Waals surface area contributed by atoms with Gasteiger partial charge in [0.2, 0.25) is 11.9 Å². The van der Waals surface area contributed by atoms with Crippen LogP contribution in [0.4, 0.5) is 5.95 Å². The third-order valence-corrected chi connectivity index (χ3v) is 4.88. The quantitative estimate of drug-likeness (QED) is 0.756. The first-order chi connectivity index (χ1) is 14.0. The van der Waals surface area contributed by atoms with E-state index in [9.17, 15) is 9.59 Å². The Labute approximate surface area is 170 Å². The molecule has 0 spiro atoms. The molecule has 1 aromatic carbocycles. The lowest BCUT2D eigenvalue weighted by Gasteiger charge is -2.30. The Morgan fingerprint density at radius 1 is 1.28 bits per heavy atom. The fourth-order valence-electron chi connectivity index (χ4n) is 3.28. The topological polar surface area (TPSA) is 85.7 Å². The third-order valence-electron chi connectivity index (χ3n) is 4.88. The summed E-state index contributed by atoms with van der Waals surface area (Å²) in [5.41, 5.74) is 2.45. The van der Waals surface area contributed by atoms with Crippen molar-refractivity contribution in [3.8, 4) is 0 Å². The lowest BCUT2D eigenvalue weighted by atomic mass is 10.1. The van der Waals surface area contributed by atoms with E-state index in [0.717, 1.165) is 11.1 Å². The molecule has 0 unspecified atom stereocenters. The maximum absolute atomic E-state index is 12.7. The first-order valence-corrected chi connectivity index (χ1v) is 9.76. The number of hydrogen-bond acceptors (Lipinski definition) is 6. The van der Waals surface area contributed by atoms with Crippen molar-refractivity contribution >= 4 is 11.9 Å². The number of carbonyl (C=O) groups excluding carboxylic acids is 1. The van der Waals surface area contributed by atoms with Crippen LogP contribution in [0.2, 0.25) is 0 Å². The molecule has 2 aromatic rings. The number of hydrogen-bond donors (Lipinski definition) is 1. The van der Waals surface area contributed by atoms with E-state index in [4.69, 9.17) is 9.47 Å². The van der Waals surface area contributed by atoms with Gasteiger partial charge in [0.25, 0.3) is 5.56 Å². The fourth-order valence-corrected chi connectivity index (χ4v) is 3.28. The number of aromatic nitrogens is 2. The van der Waals surface area contributed by atoms with E-state index in [0.29, 0.717) is 37.9 Å². The summed E-state index contributed by atoms with van der Waals surface area (Å²) < 4.78 is 11.9. The van der Waals surface area contributed by atoms with Crippen molar-refractivity contribution in [2.24, 2.45) is 0 Å². The molecule has 3 rings (SSSR count). The molecule has 1 aliphatic heterocycles. The Hall–Kier alpha value is -2.71. The Morgan fingerprint density at radius 3 is 2.62 bits per heavy atom. The normalized spacial score (nSPS) is 15.2. The predicted molar refractivity (Wildman–Crippen MR) is 110 cm³/mol. The van der Waals surface area contributed by atoms with Crippen molar-refractivity contribution in [2.75, 3.05) is 38.3 Å². The zero-order valence-corrected chi connectivity index (χ0v) is 17.2. The number of carbonyl (C=O) groups is 1. The third kappa shape index (κ3) is 5.42. The van der Waals surface area contributed by atoms with Gasteiger partial charge in [-0.25, -0.2) is 4.98 Å². The van der Waals surface area contributed by atoms with Gasteiger partial charge in [0.05, 0.1) is 31.6 Å². The molecule has 8 heteroatoms. The number of methoxy groups -OCH3 is 1. The van der Waals surface area contributed by atoms with E-state index in [1.165, 1.54) is 10.6 Å². The van der Waals surface area contributed by atoms with Gasteiger partial charge in [-0.2, -0.15) is 0 Å². The largest absolute Gasteiger partial charge is 0.378 e. The van der Waals surface area contributed by atoms with E-state index in [1.54, 1.807) is 7.11 Å². The molecule has 2 heterocycles. The second-order valence-corrected chi connectivity index (χ2v) is 7.20. The van der Waals surface area contributed by atoms with Crippen molar-refractivity contribution in [3.63, 3.8) is 0 Å². The van der Waals surface area contributed by atoms with Crippen LogP contribution >= 0.6 is 0 Å². The minimum atomic E-state index is -0.272. The molecule has 0 saturated carbocycles. The van der Waals surface area contributed by atoms with Crippen LogP contribution in [-0.4, -0.2) is 48.9 Å². The monoisotopic (exact) mass is 400 g/mol.